The topological polar surface area (TPSA) is 49.7 Å². The van der Waals surface area contributed by atoms with E-state index in [1.54, 1.807) is 0 Å². The van der Waals surface area contributed by atoms with Crippen molar-refractivity contribution >= 4 is 34.1 Å². The third-order valence-corrected chi connectivity index (χ3v) is 2.44. The maximum Gasteiger partial charge on any atom is 0.454 e. The zero-order valence-electron chi connectivity index (χ0n) is 7.18. The molecular weight excluding hydrogens is 326 g/mol. The molecular formula is C8H5F3INO2. The molecule has 0 atom stereocenters. The van der Waals surface area contributed by atoms with E-state index in [1.165, 1.54) is 6.08 Å². The fourth-order valence-electron chi connectivity index (χ4n) is 1.03. The summed E-state index contributed by atoms with van der Waals surface area (Å²) < 4.78 is 37.0. The first-order valence-corrected chi connectivity index (χ1v) is 4.83. The molecule has 0 aromatic rings. The van der Waals surface area contributed by atoms with Crippen molar-refractivity contribution in [2.45, 2.75) is 12.6 Å². The Balaban J connectivity index is 3.09. The van der Waals surface area contributed by atoms with Gasteiger partial charge in [-0.05, 0) is 32.2 Å². The van der Waals surface area contributed by atoms with E-state index >= 15 is 0 Å². The molecule has 7 heteroatoms. The van der Waals surface area contributed by atoms with E-state index in [0.717, 1.165) is 6.08 Å². The molecule has 15 heavy (non-hydrogen) atoms. The van der Waals surface area contributed by atoms with Gasteiger partial charge in [0.05, 0.1) is 11.3 Å². The Morgan fingerprint density at radius 3 is 2.53 bits per heavy atom. The minimum atomic E-state index is -4.95. The molecule has 0 aromatic heterocycles. The van der Waals surface area contributed by atoms with Crippen LogP contribution < -0.4 is 0 Å². The van der Waals surface area contributed by atoms with E-state index < -0.39 is 17.5 Å². The predicted molar refractivity (Wildman–Crippen MR) is 55.1 cm³/mol. The summed E-state index contributed by atoms with van der Waals surface area (Å²) in [7, 11) is 0. The number of hydrogen-bond acceptors (Lipinski definition) is 3. The number of alkyl halides is 3. The largest absolute Gasteiger partial charge is 0.454 e. The zero-order valence-corrected chi connectivity index (χ0v) is 9.33. The predicted octanol–water partition coefficient (Wildman–Crippen LogP) is 2.60. The monoisotopic (exact) mass is 331 g/mol. The highest BCUT2D eigenvalue weighted by molar-refractivity contribution is 14.1. The van der Waals surface area contributed by atoms with E-state index in [9.17, 15) is 18.0 Å². The lowest BCUT2D eigenvalue weighted by Crippen LogP contribution is -2.29. The van der Waals surface area contributed by atoms with Crippen LogP contribution in [-0.2, 0) is 4.79 Å². The summed E-state index contributed by atoms with van der Waals surface area (Å²) in [5.74, 6) is -1.99. The van der Waals surface area contributed by atoms with Gasteiger partial charge in [0.2, 0.25) is 0 Å². The number of carbonyl (C=O) groups is 1. The molecule has 0 radical (unpaired) electrons. The van der Waals surface area contributed by atoms with Crippen LogP contribution in [0.4, 0.5) is 13.2 Å². The van der Waals surface area contributed by atoms with Gasteiger partial charge in [-0.1, -0.05) is 11.2 Å². The van der Waals surface area contributed by atoms with E-state index in [0.29, 0.717) is 3.58 Å². The smallest absolute Gasteiger partial charge is 0.411 e. The minimum absolute atomic E-state index is 0.0325. The fourth-order valence-corrected chi connectivity index (χ4v) is 1.57. The van der Waals surface area contributed by atoms with Gasteiger partial charge in [0.25, 0.3) is 5.78 Å². The second kappa shape index (κ2) is 4.33. The number of nitrogens with zero attached hydrogens (tertiary/aromatic N) is 1. The second-order valence-corrected chi connectivity index (χ2v) is 4.13. The van der Waals surface area contributed by atoms with Crippen LogP contribution in [0.25, 0.3) is 0 Å². The Labute approximate surface area is 96.5 Å². The van der Waals surface area contributed by atoms with E-state index in [1.807, 2.05) is 22.6 Å². The average Bonchev–Trinajstić information content (AvgIpc) is 2.15. The Morgan fingerprint density at radius 1 is 1.47 bits per heavy atom. The van der Waals surface area contributed by atoms with Gasteiger partial charge in [-0.2, -0.15) is 13.2 Å². The second-order valence-electron chi connectivity index (χ2n) is 2.74. The molecule has 0 bridgehead atoms. The number of oxime groups is 1. The highest BCUT2D eigenvalue weighted by Crippen LogP contribution is 2.27. The number of Topliss-reactive ketones (excluding diaryl/α,β-unsaturated/α-hetero) is 1. The summed E-state index contributed by atoms with van der Waals surface area (Å²) in [5.41, 5.74) is -0.866. The van der Waals surface area contributed by atoms with Crippen LogP contribution in [-0.4, -0.2) is 22.9 Å². The summed E-state index contributed by atoms with van der Waals surface area (Å²) in [6.45, 7) is 0. The first kappa shape index (κ1) is 12.2. The molecule has 1 aliphatic carbocycles. The number of carbonyl (C=O) groups excluding carboxylic acids is 1. The van der Waals surface area contributed by atoms with Crippen LogP contribution in [0.5, 0.6) is 0 Å². The molecule has 82 valence electrons. The van der Waals surface area contributed by atoms with Gasteiger partial charge in [-0.25, -0.2) is 0 Å². The number of allylic oxidation sites excluding steroid dienone is 4. The lowest BCUT2D eigenvalue weighted by atomic mass is 9.98. The Hall–Kier alpha value is -0.860. The summed E-state index contributed by atoms with van der Waals surface area (Å²) >= 11 is 1.88. The standard InChI is InChI=1S/C8H5F3INO2/c9-8(10,11)7(14)5-2-1-4(12)3-6(5)13-15/h1-2,15H,3H2/b13-6+. The highest BCUT2D eigenvalue weighted by Gasteiger charge is 2.42. The summed E-state index contributed by atoms with van der Waals surface area (Å²) in [6, 6.07) is 0. The van der Waals surface area contributed by atoms with Crippen molar-refractivity contribution in [2.75, 3.05) is 0 Å². The number of rotatable bonds is 1. The summed E-state index contributed by atoms with van der Waals surface area (Å²) in [6.07, 6.45) is -2.52. The van der Waals surface area contributed by atoms with Crippen molar-refractivity contribution in [3.8, 4) is 0 Å². The van der Waals surface area contributed by atoms with Gasteiger partial charge >= 0.3 is 6.18 Å². The number of ketones is 1. The van der Waals surface area contributed by atoms with E-state index in [-0.39, 0.29) is 12.1 Å². The van der Waals surface area contributed by atoms with Crippen LogP contribution in [0.15, 0.2) is 26.5 Å². The molecule has 0 heterocycles. The van der Waals surface area contributed by atoms with Gasteiger partial charge in [-0.15, -0.1) is 0 Å². The number of halogens is 4. The van der Waals surface area contributed by atoms with Crippen LogP contribution in [0.1, 0.15) is 6.42 Å². The normalized spacial score (nSPS) is 19.9. The van der Waals surface area contributed by atoms with Crippen molar-refractivity contribution in [1.82, 2.24) is 0 Å². The lowest BCUT2D eigenvalue weighted by Gasteiger charge is -2.13. The third-order valence-electron chi connectivity index (χ3n) is 1.70. The molecule has 0 spiro atoms. The minimum Gasteiger partial charge on any atom is -0.411 e. The van der Waals surface area contributed by atoms with Crippen molar-refractivity contribution < 1.29 is 23.2 Å². The van der Waals surface area contributed by atoms with Gasteiger partial charge in [0.15, 0.2) is 0 Å². The molecule has 0 aliphatic heterocycles. The maximum absolute atomic E-state index is 12.1. The molecule has 0 unspecified atom stereocenters. The molecule has 0 aromatic carbocycles. The molecule has 1 rings (SSSR count). The Morgan fingerprint density at radius 2 is 2.07 bits per heavy atom. The van der Waals surface area contributed by atoms with Gasteiger partial charge in [0.1, 0.15) is 0 Å². The van der Waals surface area contributed by atoms with E-state index in [4.69, 9.17) is 5.21 Å². The average molecular weight is 331 g/mol. The van der Waals surface area contributed by atoms with Crippen molar-refractivity contribution in [1.29, 1.82) is 0 Å². The van der Waals surface area contributed by atoms with Crippen LogP contribution in [0.3, 0.4) is 0 Å². The summed E-state index contributed by atoms with van der Waals surface area (Å²) in [4.78, 5) is 10.9. The number of hydrogen-bond donors (Lipinski definition) is 1. The van der Waals surface area contributed by atoms with Crippen LogP contribution in [0, 0.1) is 0 Å². The molecule has 0 saturated carbocycles. The summed E-state index contributed by atoms with van der Waals surface area (Å²) in [5, 5.41) is 11.2. The molecule has 0 amide bonds. The van der Waals surface area contributed by atoms with E-state index in [2.05, 4.69) is 5.16 Å². The van der Waals surface area contributed by atoms with Crippen LogP contribution >= 0.6 is 22.6 Å². The van der Waals surface area contributed by atoms with Gasteiger partial charge in [-0.3, -0.25) is 4.79 Å². The highest BCUT2D eigenvalue weighted by atomic mass is 127. The van der Waals surface area contributed by atoms with Gasteiger partial charge < -0.3 is 5.21 Å². The molecule has 1 aliphatic rings. The Kier molecular flexibility index (Phi) is 3.53. The first-order valence-electron chi connectivity index (χ1n) is 3.75. The van der Waals surface area contributed by atoms with Gasteiger partial charge in [0, 0.05) is 6.42 Å². The van der Waals surface area contributed by atoms with Crippen molar-refractivity contribution in [2.24, 2.45) is 5.16 Å². The molecule has 0 fully saturated rings. The quantitative estimate of drug-likeness (QED) is 0.456. The maximum atomic E-state index is 12.1. The lowest BCUT2D eigenvalue weighted by molar-refractivity contribution is -0.165. The third kappa shape index (κ3) is 2.80. The van der Waals surface area contributed by atoms with Crippen molar-refractivity contribution in [3.05, 3.63) is 21.3 Å². The zero-order chi connectivity index (χ0) is 11.6. The fraction of sp³-hybridized carbons (Fsp3) is 0.250. The molecule has 3 nitrogen and oxygen atoms in total. The van der Waals surface area contributed by atoms with Crippen molar-refractivity contribution in [3.63, 3.8) is 0 Å². The SMILES string of the molecule is O=C(C1=CC=C(I)C/C1=N\O)C(F)(F)F. The van der Waals surface area contributed by atoms with Crippen LogP contribution in [0.2, 0.25) is 0 Å². The Bertz CT molecular complexity index is 382. The first-order chi connectivity index (χ1) is 6.86. The molecule has 0 saturated heterocycles. The molecule has 1 N–H and O–H groups in total.